The van der Waals surface area contributed by atoms with E-state index in [0.29, 0.717) is 18.6 Å². The molecule has 0 saturated carbocycles. The first-order chi connectivity index (χ1) is 35.5. The van der Waals surface area contributed by atoms with E-state index in [1.54, 1.807) is 0 Å². The number of rotatable bonds is 62. The number of Topliss-reactive ketones (excluding diaryl/α,β-unsaturated/α-hetero) is 1. The van der Waals surface area contributed by atoms with Crippen molar-refractivity contribution in [3.8, 4) is 0 Å². The van der Waals surface area contributed by atoms with E-state index in [0.717, 1.165) is 103 Å². The molecule has 0 heterocycles. The molecular formula is C67H130O5. The molecule has 428 valence electrons. The second kappa shape index (κ2) is 60.5. The SMILES string of the molecule is CCCCCCCCCCCCCCCC(=O)OC(CCCCCCC)CCCCCCCCCC(=O)CCCCCCCC(CCCCCCCCC)OC(=O)CCCCCCCCCCCCCCC. The first-order valence-corrected chi connectivity index (χ1v) is 33.4. The van der Waals surface area contributed by atoms with E-state index < -0.39 is 0 Å². The van der Waals surface area contributed by atoms with Crippen LogP contribution in [0, 0.1) is 0 Å². The zero-order valence-electron chi connectivity index (χ0n) is 49.7. The maximum atomic E-state index is 12.9. The van der Waals surface area contributed by atoms with Crippen LogP contribution in [0.2, 0.25) is 0 Å². The van der Waals surface area contributed by atoms with Crippen LogP contribution in [0.25, 0.3) is 0 Å². The highest BCUT2D eigenvalue weighted by Gasteiger charge is 2.16. The Kier molecular flexibility index (Phi) is 59.3. The number of ether oxygens (including phenoxy) is 2. The fourth-order valence-corrected chi connectivity index (χ4v) is 10.8. The highest BCUT2D eigenvalue weighted by Crippen LogP contribution is 2.22. The van der Waals surface area contributed by atoms with Crippen LogP contribution in [0.3, 0.4) is 0 Å². The smallest absolute Gasteiger partial charge is 0.306 e. The van der Waals surface area contributed by atoms with Gasteiger partial charge in [-0.15, -0.1) is 0 Å². The topological polar surface area (TPSA) is 69.7 Å². The summed E-state index contributed by atoms with van der Waals surface area (Å²) in [7, 11) is 0. The number of carbonyl (C=O) groups excluding carboxylic acids is 3. The first kappa shape index (κ1) is 70.6. The van der Waals surface area contributed by atoms with Crippen LogP contribution < -0.4 is 0 Å². The molecule has 0 rings (SSSR count). The Labute approximate surface area is 452 Å². The lowest BCUT2D eigenvalue weighted by Crippen LogP contribution is -2.18. The van der Waals surface area contributed by atoms with Crippen LogP contribution in [0.4, 0.5) is 0 Å². The summed E-state index contributed by atoms with van der Waals surface area (Å²) >= 11 is 0. The molecule has 0 radical (unpaired) electrons. The van der Waals surface area contributed by atoms with E-state index >= 15 is 0 Å². The van der Waals surface area contributed by atoms with Gasteiger partial charge in [-0.3, -0.25) is 14.4 Å². The minimum Gasteiger partial charge on any atom is -0.462 e. The Morgan fingerprint density at radius 3 is 0.597 bits per heavy atom. The normalized spacial score (nSPS) is 12.4. The molecule has 0 aliphatic heterocycles. The van der Waals surface area contributed by atoms with Gasteiger partial charge in [0.05, 0.1) is 0 Å². The summed E-state index contributed by atoms with van der Waals surface area (Å²) in [5, 5.41) is 0. The molecule has 0 bridgehead atoms. The third-order valence-electron chi connectivity index (χ3n) is 15.8. The maximum absolute atomic E-state index is 12.9. The summed E-state index contributed by atoms with van der Waals surface area (Å²) in [5.41, 5.74) is 0. The minimum absolute atomic E-state index is 0.0301. The second-order valence-electron chi connectivity index (χ2n) is 23.2. The molecule has 0 spiro atoms. The van der Waals surface area contributed by atoms with Gasteiger partial charge in [-0.1, -0.05) is 297 Å². The molecule has 2 atom stereocenters. The predicted molar refractivity (Wildman–Crippen MR) is 315 cm³/mol. The summed E-state index contributed by atoms with van der Waals surface area (Å²) < 4.78 is 12.2. The van der Waals surface area contributed by atoms with Gasteiger partial charge < -0.3 is 9.47 Å². The zero-order valence-corrected chi connectivity index (χ0v) is 49.7. The van der Waals surface area contributed by atoms with Crippen molar-refractivity contribution in [1.29, 1.82) is 0 Å². The van der Waals surface area contributed by atoms with Crippen molar-refractivity contribution in [1.82, 2.24) is 0 Å². The molecule has 72 heavy (non-hydrogen) atoms. The van der Waals surface area contributed by atoms with Gasteiger partial charge in [-0.25, -0.2) is 0 Å². The number of unbranched alkanes of at least 4 members (excludes halogenated alkanes) is 44. The average Bonchev–Trinajstić information content (AvgIpc) is 3.37. The Morgan fingerprint density at radius 2 is 0.389 bits per heavy atom. The highest BCUT2D eigenvalue weighted by molar-refractivity contribution is 5.78. The van der Waals surface area contributed by atoms with E-state index in [1.807, 2.05) is 0 Å². The molecule has 0 saturated heterocycles. The Hall–Kier alpha value is -1.39. The number of esters is 2. The van der Waals surface area contributed by atoms with Gasteiger partial charge in [0.1, 0.15) is 18.0 Å². The quantitative estimate of drug-likeness (QED) is 0.0448. The molecular weight excluding hydrogens is 885 g/mol. The van der Waals surface area contributed by atoms with Gasteiger partial charge in [0.15, 0.2) is 0 Å². The van der Waals surface area contributed by atoms with Crippen LogP contribution >= 0.6 is 0 Å². The van der Waals surface area contributed by atoms with Crippen molar-refractivity contribution in [2.75, 3.05) is 0 Å². The summed E-state index contributed by atoms with van der Waals surface area (Å²) in [5.74, 6) is 0.516. The third kappa shape index (κ3) is 56.3. The Morgan fingerprint density at radius 1 is 0.222 bits per heavy atom. The van der Waals surface area contributed by atoms with E-state index in [9.17, 15) is 14.4 Å². The van der Waals surface area contributed by atoms with Gasteiger partial charge in [-0.2, -0.15) is 0 Å². The molecule has 5 nitrogen and oxygen atoms in total. The molecule has 2 unspecified atom stereocenters. The fraction of sp³-hybridized carbons (Fsp3) is 0.955. The van der Waals surface area contributed by atoms with Crippen LogP contribution in [0.5, 0.6) is 0 Å². The van der Waals surface area contributed by atoms with Crippen molar-refractivity contribution >= 4 is 17.7 Å². The van der Waals surface area contributed by atoms with E-state index in [4.69, 9.17) is 9.47 Å². The van der Waals surface area contributed by atoms with Gasteiger partial charge in [0.2, 0.25) is 0 Å². The number of carbonyl (C=O) groups is 3. The highest BCUT2D eigenvalue weighted by atomic mass is 16.5. The molecule has 0 aliphatic rings. The van der Waals surface area contributed by atoms with Crippen LogP contribution in [0.1, 0.15) is 400 Å². The fourth-order valence-electron chi connectivity index (χ4n) is 10.8. The van der Waals surface area contributed by atoms with E-state index in [1.165, 1.54) is 257 Å². The lowest BCUT2D eigenvalue weighted by Gasteiger charge is -2.18. The lowest BCUT2D eigenvalue weighted by atomic mass is 10.0. The second-order valence-corrected chi connectivity index (χ2v) is 23.2. The predicted octanol–water partition coefficient (Wildman–Crippen LogP) is 23.1. The van der Waals surface area contributed by atoms with Crippen LogP contribution in [0.15, 0.2) is 0 Å². The largest absolute Gasteiger partial charge is 0.462 e. The van der Waals surface area contributed by atoms with Crippen molar-refractivity contribution < 1.29 is 23.9 Å². The molecule has 0 aliphatic carbocycles. The maximum Gasteiger partial charge on any atom is 0.306 e. The molecule has 0 aromatic heterocycles. The van der Waals surface area contributed by atoms with Crippen molar-refractivity contribution in [3.05, 3.63) is 0 Å². The molecule has 0 N–H and O–H groups in total. The van der Waals surface area contributed by atoms with Crippen molar-refractivity contribution in [3.63, 3.8) is 0 Å². The summed E-state index contributed by atoms with van der Waals surface area (Å²) in [6.07, 6.45) is 70.5. The van der Waals surface area contributed by atoms with Crippen molar-refractivity contribution in [2.45, 2.75) is 412 Å². The summed E-state index contributed by atoms with van der Waals surface area (Å²) in [4.78, 5) is 38.3. The molecule has 5 heteroatoms. The van der Waals surface area contributed by atoms with Gasteiger partial charge in [-0.05, 0) is 77.0 Å². The van der Waals surface area contributed by atoms with Gasteiger partial charge in [0.25, 0.3) is 0 Å². The van der Waals surface area contributed by atoms with Gasteiger partial charge >= 0.3 is 11.9 Å². The number of ketones is 1. The summed E-state index contributed by atoms with van der Waals surface area (Å²) in [6, 6.07) is 0. The molecule has 0 amide bonds. The summed E-state index contributed by atoms with van der Waals surface area (Å²) in [6.45, 7) is 9.11. The molecule has 0 aromatic rings. The molecule has 0 fully saturated rings. The zero-order chi connectivity index (χ0) is 52.3. The van der Waals surface area contributed by atoms with E-state index in [-0.39, 0.29) is 24.1 Å². The number of hydrogen-bond donors (Lipinski definition) is 0. The third-order valence-corrected chi connectivity index (χ3v) is 15.8. The van der Waals surface area contributed by atoms with Crippen molar-refractivity contribution in [2.24, 2.45) is 0 Å². The lowest BCUT2D eigenvalue weighted by molar-refractivity contribution is -0.151. The van der Waals surface area contributed by atoms with Crippen LogP contribution in [-0.4, -0.2) is 29.9 Å². The first-order valence-electron chi connectivity index (χ1n) is 33.4. The van der Waals surface area contributed by atoms with Crippen LogP contribution in [-0.2, 0) is 23.9 Å². The monoisotopic (exact) mass is 1010 g/mol. The number of hydrogen-bond acceptors (Lipinski definition) is 5. The molecule has 0 aromatic carbocycles. The Bertz CT molecular complexity index is 1090. The average molecular weight is 1020 g/mol. The standard InChI is InChI=1S/C67H130O5/c1-5-9-13-17-20-22-24-26-28-30-36-45-53-61-66(69)71-64(57-49-39-16-12-8-4)59-51-43-35-32-34-40-47-55-63(68)56-48-41-38-44-52-60-65(58-50-42-33-19-15-11-7-3)72-67(70)62-54-46-37-31-29-27-25-23-21-18-14-10-6-2/h64-65H,5-62H2,1-4H3. The minimum atomic E-state index is 0.0301. The van der Waals surface area contributed by atoms with E-state index in [2.05, 4.69) is 27.7 Å². The van der Waals surface area contributed by atoms with Gasteiger partial charge in [0, 0.05) is 25.7 Å². The Balaban J connectivity index is 4.15.